The summed E-state index contributed by atoms with van der Waals surface area (Å²) < 4.78 is 0. The lowest BCUT2D eigenvalue weighted by Crippen LogP contribution is -2.28. The molecule has 1 unspecified atom stereocenters. The largest absolute Gasteiger partial charge is 0.387 e. The van der Waals surface area contributed by atoms with Crippen molar-refractivity contribution in [3.05, 3.63) is 69.8 Å². The van der Waals surface area contributed by atoms with Gasteiger partial charge in [-0.05, 0) is 36.6 Å². The van der Waals surface area contributed by atoms with Crippen LogP contribution in [0.15, 0.2) is 48.7 Å². The molecular weight excluding hydrogens is 371 g/mol. The standard InChI is InChI=1S/C20H20Cl2N2O2/c21-14-8-9-16(17(22)10-14)19(25)12-24-20(26)7-3-4-13-11-23-18-6-2-1-5-15(13)18/h1-2,5-6,8-11,19,23,25H,3-4,7,12H2,(H,24,26). The van der Waals surface area contributed by atoms with Crippen molar-refractivity contribution in [1.29, 1.82) is 0 Å². The highest BCUT2D eigenvalue weighted by molar-refractivity contribution is 6.35. The summed E-state index contributed by atoms with van der Waals surface area (Å²) in [6.45, 7) is 0.118. The first-order chi connectivity index (χ1) is 12.5. The van der Waals surface area contributed by atoms with Crippen LogP contribution in [0.4, 0.5) is 0 Å². The second-order valence-electron chi connectivity index (χ2n) is 6.20. The minimum absolute atomic E-state index is 0.0889. The Hall–Kier alpha value is -2.01. The van der Waals surface area contributed by atoms with Gasteiger partial charge in [0.25, 0.3) is 0 Å². The van der Waals surface area contributed by atoms with Crippen LogP contribution >= 0.6 is 23.2 Å². The Kier molecular flexibility index (Phi) is 6.20. The van der Waals surface area contributed by atoms with Crippen molar-refractivity contribution in [1.82, 2.24) is 10.3 Å². The number of carbonyl (C=O) groups excluding carboxylic acids is 1. The van der Waals surface area contributed by atoms with Gasteiger partial charge in [-0.3, -0.25) is 4.79 Å². The molecule has 1 aromatic heterocycles. The van der Waals surface area contributed by atoms with Crippen molar-refractivity contribution >= 4 is 40.0 Å². The van der Waals surface area contributed by atoms with Gasteiger partial charge in [-0.1, -0.05) is 47.5 Å². The molecule has 0 aliphatic carbocycles. The number of hydrogen-bond acceptors (Lipinski definition) is 2. The Morgan fingerprint density at radius 1 is 1.19 bits per heavy atom. The molecule has 3 rings (SSSR count). The van der Waals surface area contributed by atoms with Crippen molar-refractivity contribution in [2.45, 2.75) is 25.4 Å². The summed E-state index contributed by atoms with van der Waals surface area (Å²) in [6.07, 6.45) is 3.10. The van der Waals surface area contributed by atoms with E-state index in [4.69, 9.17) is 23.2 Å². The SMILES string of the molecule is O=C(CCCc1c[nH]c2ccccc12)NCC(O)c1ccc(Cl)cc1Cl. The number of aliphatic hydroxyl groups excluding tert-OH is 1. The maximum Gasteiger partial charge on any atom is 0.220 e. The number of aromatic amines is 1. The van der Waals surface area contributed by atoms with Gasteiger partial charge in [-0.25, -0.2) is 0 Å². The molecule has 26 heavy (non-hydrogen) atoms. The number of fused-ring (bicyclic) bond motifs is 1. The number of amides is 1. The molecule has 1 atom stereocenters. The predicted molar refractivity (Wildman–Crippen MR) is 106 cm³/mol. The molecule has 0 aliphatic heterocycles. The van der Waals surface area contributed by atoms with E-state index in [1.807, 2.05) is 24.4 Å². The summed E-state index contributed by atoms with van der Waals surface area (Å²) in [4.78, 5) is 15.3. The summed E-state index contributed by atoms with van der Waals surface area (Å²) in [5, 5.41) is 15.0. The number of rotatable bonds is 7. The van der Waals surface area contributed by atoms with E-state index in [9.17, 15) is 9.90 Å². The lowest BCUT2D eigenvalue weighted by molar-refractivity contribution is -0.121. The Labute approximate surface area is 162 Å². The molecule has 0 radical (unpaired) electrons. The van der Waals surface area contributed by atoms with Crippen LogP contribution in [-0.2, 0) is 11.2 Å². The first-order valence-corrected chi connectivity index (χ1v) is 9.25. The van der Waals surface area contributed by atoms with Crippen LogP contribution < -0.4 is 5.32 Å². The van der Waals surface area contributed by atoms with Crippen molar-refractivity contribution in [2.24, 2.45) is 0 Å². The first-order valence-electron chi connectivity index (χ1n) is 8.49. The van der Waals surface area contributed by atoms with E-state index in [1.165, 1.54) is 10.9 Å². The maximum absolute atomic E-state index is 12.0. The van der Waals surface area contributed by atoms with E-state index in [2.05, 4.69) is 16.4 Å². The molecule has 3 N–H and O–H groups in total. The van der Waals surface area contributed by atoms with Gasteiger partial charge in [0.15, 0.2) is 0 Å². The van der Waals surface area contributed by atoms with Crippen molar-refractivity contribution < 1.29 is 9.90 Å². The van der Waals surface area contributed by atoms with Crippen LogP contribution in [0.3, 0.4) is 0 Å². The number of aryl methyl sites for hydroxylation is 1. The highest BCUT2D eigenvalue weighted by atomic mass is 35.5. The van der Waals surface area contributed by atoms with Crippen molar-refractivity contribution in [3.63, 3.8) is 0 Å². The summed E-state index contributed by atoms with van der Waals surface area (Å²) in [5.41, 5.74) is 2.87. The number of aliphatic hydroxyl groups is 1. The number of aromatic nitrogens is 1. The molecule has 0 bridgehead atoms. The third-order valence-corrected chi connectivity index (χ3v) is 4.90. The first kappa shape index (κ1) is 18.8. The normalized spacial score (nSPS) is 12.3. The molecule has 6 heteroatoms. The maximum atomic E-state index is 12.0. The number of hydrogen-bond donors (Lipinski definition) is 3. The number of H-pyrrole nitrogens is 1. The average Bonchev–Trinajstić information content (AvgIpc) is 3.03. The lowest BCUT2D eigenvalue weighted by Gasteiger charge is -2.14. The Morgan fingerprint density at radius 2 is 2.00 bits per heavy atom. The van der Waals surface area contributed by atoms with E-state index in [0.717, 1.165) is 18.4 Å². The van der Waals surface area contributed by atoms with Crippen LogP contribution in [0.5, 0.6) is 0 Å². The van der Waals surface area contributed by atoms with E-state index >= 15 is 0 Å². The van der Waals surface area contributed by atoms with Crippen molar-refractivity contribution in [2.75, 3.05) is 6.54 Å². The smallest absolute Gasteiger partial charge is 0.220 e. The molecule has 1 heterocycles. The molecule has 136 valence electrons. The van der Waals surface area contributed by atoms with Gasteiger partial charge in [0, 0.05) is 45.7 Å². The van der Waals surface area contributed by atoms with Crippen LogP contribution in [0.1, 0.15) is 30.1 Å². The van der Waals surface area contributed by atoms with Crippen LogP contribution in [0.2, 0.25) is 10.0 Å². The molecule has 0 spiro atoms. The number of para-hydroxylation sites is 1. The van der Waals surface area contributed by atoms with E-state index < -0.39 is 6.10 Å². The lowest BCUT2D eigenvalue weighted by atomic mass is 10.1. The van der Waals surface area contributed by atoms with Gasteiger partial charge in [0.05, 0.1) is 6.10 Å². The third-order valence-electron chi connectivity index (χ3n) is 4.34. The van der Waals surface area contributed by atoms with E-state index in [-0.39, 0.29) is 12.5 Å². The number of nitrogens with one attached hydrogen (secondary N) is 2. The molecule has 2 aromatic carbocycles. The van der Waals surface area contributed by atoms with Gasteiger partial charge in [0.1, 0.15) is 0 Å². The van der Waals surface area contributed by atoms with Gasteiger partial charge in [0.2, 0.25) is 5.91 Å². The Morgan fingerprint density at radius 3 is 2.81 bits per heavy atom. The second kappa shape index (κ2) is 8.58. The van der Waals surface area contributed by atoms with Crippen molar-refractivity contribution in [3.8, 4) is 0 Å². The summed E-state index contributed by atoms with van der Waals surface area (Å²) >= 11 is 11.9. The van der Waals surface area contributed by atoms with Gasteiger partial charge >= 0.3 is 0 Å². The highest BCUT2D eigenvalue weighted by Gasteiger charge is 2.13. The zero-order valence-corrected chi connectivity index (χ0v) is 15.6. The fourth-order valence-corrected chi connectivity index (χ4v) is 3.49. The topological polar surface area (TPSA) is 65.1 Å². The minimum atomic E-state index is -0.864. The Balaban J connectivity index is 1.45. The van der Waals surface area contributed by atoms with Crippen LogP contribution in [-0.4, -0.2) is 22.5 Å². The zero-order valence-electron chi connectivity index (χ0n) is 14.1. The van der Waals surface area contributed by atoms with E-state index in [1.54, 1.807) is 18.2 Å². The number of benzene rings is 2. The van der Waals surface area contributed by atoms with Crippen LogP contribution in [0.25, 0.3) is 10.9 Å². The van der Waals surface area contributed by atoms with Gasteiger partial charge < -0.3 is 15.4 Å². The van der Waals surface area contributed by atoms with Gasteiger partial charge in [-0.2, -0.15) is 0 Å². The fraction of sp³-hybridized carbons (Fsp3) is 0.250. The molecule has 4 nitrogen and oxygen atoms in total. The Bertz CT molecular complexity index is 908. The third kappa shape index (κ3) is 4.58. The monoisotopic (exact) mass is 390 g/mol. The average molecular weight is 391 g/mol. The summed E-state index contributed by atoms with van der Waals surface area (Å²) in [7, 11) is 0. The minimum Gasteiger partial charge on any atom is -0.387 e. The quantitative estimate of drug-likeness (QED) is 0.549. The molecule has 0 aliphatic rings. The second-order valence-corrected chi connectivity index (χ2v) is 7.04. The molecule has 0 saturated heterocycles. The molecular formula is C20H20Cl2N2O2. The molecule has 1 amide bonds. The number of halogens is 2. The highest BCUT2D eigenvalue weighted by Crippen LogP contribution is 2.26. The fourth-order valence-electron chi connectivity index (χ4n) is 2.96. The summed E-state index contributed by atoms with van der Waals surface area (Å²) in [6, 6.07) is 13.0. The number of carbonyl (C=O) groups is 1. The van der Waals surface area contributed by atoms with E-state index in [0.29, 0.717) is 22.0 Å². The van der Waals surface area contributed by atoms with Crippen LogP contribution in [0, 0.1) is 0 Å². The predicted octanol–water partition coefficient (Wildman–Crippen LogP) is 4.65. The molecule has 0 saturated carbocycles. The molecule has 0 fully saturated rings. The molecule has 3 aromatic rings. The summed E-state index contributed by atoms with van der Waals surface area (Å²) in [5.74, 6) is -0.0889. The zero-order chi connectivity index (χ0) is 18.5. The van der Waals surface area contributed by atoms with Gasteiger partial charge in [-0.15, -0.1) is 0 Å².